The molecule has 2 heteroatoms. The van der Waals surface area contributed by atoms with Crippen molar-refractivity contribution in [3.63, 3.8) is 0 Å². The summed E-state index contributed by atoms with van der Waals surface area (Å²) in [4.78, 5) is 10.5. The first-order valence-electron chi connectivity index (χ1n) is 13.5. The van der Waals surface area contributed by atoms with Gasteiger partial charge in [-0.25, -0.2) is 9.97 Å². The normalized spacial score (nSPS) is 13.6. The van der Waals surface area contributed by atoms with Crippen LogP contribution in [0.5, 0.6) is 0 Å². The van der Waals surface area contributed by atoms with Crippen molar-refractivity contribution >= 4 is 32.6 Å². The van der Waals surface area contributed by atoms with Crippen molar-refractivity contribution < 1.29 is 0 Å². The van der Waals surface area contributed by atoms with E-state index in [2.05, 4.69) is 129 Å². The molecule has 0 bridgehead atoms. The third kappa shape index (κ3) is 3.21. The van der Waals surface area contributed by atoms with E-state index in [9.17, 15) is 0 Å². The van der Waals surface area contributed by atoms with Crippen molar-refractivity contribution in [2.24, 2.45) is 0 Å². The molecule has 0 N–H and O–H groups in total. The maximum atomic E-state index is 5.33. The molecule has 2 nitrogen and oxygen atoms in total. The summed E-state index contributed by atoms with van der Waals surface area (Å²) in [6, 6.07) is 43.3. The number of rotatable bonds is 2. The van der Waals surface area contributed by atoms with Crippen LogP contribution < -0.4 is 0 Å². The second kappa shape index (κ2) is 8.09. The summed E-state index contributed by atoms with van der Waals surface area (Å²) >= 11 is 0. The number of hydrogen-bond acceptors (Lipinski definition) is 2. The highest BCUT2D eigenvalue weighted by Crippen LogP contribution is 2.51. The van der Waals surface area contributed by atoms with Crippen molar-refractivity contribution in [3.8, 4) is 33.6 Å². The highest BCUT2D eigenvalue weighted by Gasteiger charge is 2.36. The van der Waals surface area contributed by atoms with Crippen LogP contribution in [-0.2, 0) is 5.41 Å². The van der Waals surface area contributed by atoms with Crippen LogP contribution >= 0.6 is 0 Å². The fourth-order valence-corrected chi connectivity index (χ4v) is 6.56. The number of benzene rings is 6. The monoisotopic (exact) mass is 498 g/mol. The zero-order valence-corrected chi connectivity index (χ0v) is 21.9. The highest BCUT2D eigenvalue weighted by atomic mass is 14.8. The van der Waals surface area contributed by atoms with Gasteiger partial charge in [-0.1, -0.05) is 123 Å². The molecule has 1 aromatic heterocycles. The molecule has 7 aromatic rings. The van der Waals surface area contributed by atoms with Crippen molar-refractivity contribution in [2.75, 3.05) is 0 Å². The topological polar surface area (TPSA) is 25.8 Å². The van der Waals surface area contributed by atoms with Gasteiger partial charge in [-0.3, -0.25) is 0 Å². The van der Waals surface area contributed by atoms with Gasteiger partial charge in [0.2, 0.25) is 0 Å². The van der Waals surface area contributed by atoms with Gasteiger partial charge < -0.3 is 0 Å². The van der Waals surface area contributed by atoms with Crippen LogP contribution in [-0.4, -0.2) is 9.97 Å². The second-order valence-corrected chi connectivity index (χ2v) is 11.0. The lowest BCUT2D eigenvalue weighted by atomic mass is 9.80. The Morgan fingerprint density at radius 1 is 0.513 bits per heavy atom. The van der Waals surface area contributed by atoms with Gasteiger partial charge in [0, 0.05) is 21.9 Å². The Kier molecular flexibility index (Phi) is 4.60. The average Bonchev–Trinajstić information content (AvgIpc) is 3.23. The molecule has 0 amide bonds. The van der Waals surface area contributed by atoms with Gasteiger partial charge >= 0.3 is 0 Å². The van der Waals surface area contributed by atoms with E-state index in [0.717, 1.165) is 38.9 Å². The first-order chi connectivity index (χ1) is 19.1. The van der Waals surface area contributed by atoms with Crippen LogP contribution in [0.2, 0.25) is 0 Å². The zero-order valence-electron chi connectivity index (χ0n) is 21.9. The fraction of sp³-hybridized carbons (Fsp3) is 0.0811. The lowest BCUT2D eigenvalue weighted by Crippen LogP contribution is -2.15. The summed E-state index contributed by atoms with van der Waals surface area (Å²) in [6.45, 7) is 4.69. The average molecular weight is 499 g/mol. The molecule has 0 aliphatic heterocycles. The van der Waals surface area contributed by atoms with E-state index >= 15 is 0 Å². The summed E-state index contributed by atoms with van der Waals surface area (Å²) in [5.74, 6) is 0. The van der Waals surface area contributed by atoms with Gasteiger partial charge in [0.05, 0.1) is 22.4 Å². The van der Waals surface area contributed by atoms with E-state index in [0.29, 0.717) is 0 Å². The molecule has 184 valence electrons. The first-order valence-corrected chi connectivity index (χ1v) is 13.5. The summed E-state index contributed by atoms with van der Waals surface area (Å²) in [5.41, 5.74) is 11.3. The number of nitrogens with zero attached hydrogens (tertiary/aromatic N) is 2. The molecule has 0 saturated carbocycles. The van der Waals surface area contributed by atoms with Gasteiger partial charge in [-0.15, -0.1) is 0 Å². The van der Waals surface area contributed by atoms with Crippen molar-refractivity contribution in [3.05, 3.63) is 132 Å². The maximum Gasteiger partial charge on any atom is 0.0973 e. The lowest BCUT2D eigenvalue weighted by molar-refractivity contribution is 0.666. The third-order valence-electron chi connectivity index (χ3n) is 8.42. The summed E-state index contributed by atoms with van der Waals surface area (Å²) in [7, 11) is 0. The third-order valence-corrected chi connectivity index (χ3v) is 8.42. The molecule has 39 heavy (non-hydrogen) atoms. The fourth-order valence-electron chi connectivity index (χ4n) is 6.56. The van der Waals surface area contributed by atoms with Crippen molar-refractivity contribution in [1.29, 1.82) is 0 Å². The van der Waals surface area contributed by atoms with Crippen LogP contribution in [0.1, 0.15) is 25.0 Å². The molecule has 0 unspecified atom stereocenters. The van der Waals surface area contributed by atoms with E-state index in [1.807, 2.05) is 6.07 Å². The van der Waals surface area contributed by atoms with Crippen molar-refractivity contribution in [1.82, 2.24) is 9.97 Å². The van der Waals surface area contributed by atoms with Gasteiger partial charge in [0.1, 0.15) is 0 Å². The van der Waals surface area contributed by atoms with E-state index in [1.54, 1.807) is 0 Å². The number of hydrogen-bond donors (Lipinski definition) is 0. The quantitative estimate of drug-likeness (QED) is 0.222. The molecule has 0 spiro atoms. The minimum absolute atomic E-state index is 0.0518. The van der Waals surface area contributed by atoms with Crippen LogP contribution in [0, 0.1) is 0 Å². The lowest BCUT2D eigenvalue weighted by Gasteiger charge is -2.23. The molecule has 0 atom stereocenters. The predicted molar refractivity (Wildman–Crippen MR) is 163 cm³/mol. The van der Waals surface area contributed by atoms with Crippen LogP contribution in [0.4, 0.5) is 0 Å². The van der Waals surface area contributed by atoms with Gasteiger partial charge in [-0.05, 0) is 50.5 Å². The zero-order chi connectivity index (χ0) is 26.1. The van der Waals surface area contributed by atoms with Crippen molar-refractivity contribution in [2.45, 2.75) is 19.3 Å². The Bertz CT molecular complexity index is 2090. The predicted octanol–water partition coefficient (Wildman–Crippen LogP) is 9.58. The highest BCUT2D eigenvalue weighted by molar-refractivity contribution is 6.06. The van der Waals surface area contributed by atoms with Crippen LogP contribution in [0.3, 0.4) is 0 Å². The Labute approximate surface area is 227 Å². The SMILES string of the molecule is CC1(C)c2ccccc2-c2ccc3cc(-c4nc5c(ccc6ccccc65)nc4-c4ccccc4)ccc3c21. The molecular formula is C37H26N2. The summed E-state index contributed by atoms with van der Waals surface area (Å²) in [5, 5.41) is 4.83. The molecule has 0 radical (unpaired) electrons. The summed E-state index contributed by atoms with van der Waals surface area (Å²) < 4.78 is 0. The Hall–Kier alpha value is -4.82. The van der Waals surface area contributed by atoms with Gasteiger partial charge in [-0.2, -0.15) is 0 Å². The molecule has 1 aliphatic carbocycles. The van der Waals surface area contributed by atoms with Gasteiger partial charge in [0.25, 0.3) is 0 Å². The van der Waals surface area contributed by atoms with E-state index in [1.165, 1.54) is 38.4 Å². The van der Waals surface area contributed by atoms with E-state index in [-0.39, 0.29) is 5.41 Å². The van der Waals surface area contributed by atoms with Crippen LogP contribution in [0.25, 0.3) is 66.2 Å². The smallest absolute Gasteiger partial charge is 0.0973 e. The molecule has 1 heterocycles. The number of fused-ring (bicyclic) bond motifs is 8. The minimum atomic E-state index is -0.0518. The van der Waals surface area contributed by atoms with E-state index < -0.39 is 0 Å². The molecule has 8 rings (SSSR count). The standard InChI is InChI=1S/C37H26N2/c1-37(2)31-15-9-8-14-29(31)30-20-16-25-22-26(17-19-27(25)33(30)37)35-34(24-11-4-3-5-12-24)38-32-21-18-23-10-6-7-13-28(23)36(32)39-35/h3-22H,1-2H3. The van der Waals surface area contributed by atoms with E-state index in [4.69, 9.17) is 9.97 Å². The molecular weight excluding hydrogens is 472 g/mol. The Morgan fingerprint density at radius 2 is 1.26 bits per heavy atom. The maximum absolute atomic E-state index is 5.33. The molecule has 1 aliphatic rings. The van der Waals surface area contributed by atoms with Gasteiger partial charge in [0.15, 0.2) is 0 Å². The molecule has 0 fully saturated rings. The Morgan fingerprint density at radius 3 is 2.15 bits per heavy atom. The second-order valence-electron chi connectivity index (χ2n) is 11.0. The number of aromatic nitrogens is 2. The van der Waals surface area contributed by atoms with Crippen LogP contribution in [0.15, 0.2) is 121 Å². The Balaban J connectivity index is 1.40. The minimum Gasteiger partial charge on any atom is -0.244 e. The summed E-state index contributed by atoms with van der Waals surface area (Å²) in [6.07, 6.45) is 0. The molecule has 0 saturated heterocycles. The largest absolute Gasteiger partial charge is 0.244 e. The first kappa shape index (κ1) is 22.2. The molecule has 6 aromatic carbocycles.